The van der Waals surface area contributed by atoms with Gasteiger partial charge in [-0.25, -0.2) is 9.18 Å². The molecule has 4 nitrogen and oxygen atoms in total. The van der Waals surface area contributed by atoms with E-state index in [1.54, 1.807) is 0 Å². The summed E-state index contributed by atoms with van der Waals surface area (Å²) in [6, 6.07) is 1.66. The molecule has 2 rings (SSSR count). The molecule has 0 atom stereocenters. The lowest BCUT2D eigenvalue weighted by molar-refractivity contribution is -0.137. The molecule has 0 aliphatic carbocycles. The number of halogens is 4. The summed E-state index contributed by atoms with van der Waals surface area (Å²) >= 11 is 0. The maximum absolute atomic E-state index is 13.5. The van der Waals surface area contributed by atoms with E-state index < -0.39 is 29.7 Å². The number of alkyl halides is 3. The zero-order valence-corrected chi connectivity index (χ0v) is 10.2. The fraction of sp³-hybridized carbons (Fsp3) is 0.417. The lowest BCUT2D eigenvalue weighted by Gasteiger charge is -2.35. The van der Waals surface area contributed by atoms with Gasteiger partial charge >= 0.3 is 12.2 Å². The topological polar surface area (TPSA) is 52.6 Å². The van der Waals surface area contributed by atoms with Crippen molar-refractivity contribution in [3.8, 4) is 0 Å². The quantitative estimate of drug-likeness (QED) is 0.816. The summed E-state index contributed by atoms with van der Waals surface area (Å²) in [6.07, 6.45) is -5.15. The molecule has 1 fully saturated rings. The van der Waals surface area contributed by atoms with Crippen molar-refractivity contribution >= 4 is 6.03 Å². The van der Waals surface area contributed by atoms with Crippen LogP contribution < -0.4 is 5.32 Å². The standard InChI is InChI=1S/C12H12F4N2O2/c13-10-3-8(12(14,15)16)2-1-7(10)4-17-11(20)18-5-9(19)6-18/h1-3,9,19H,4-6H2,(H,17,20). The van der Waals surface area contributed by atoms with Crippen LogP contribution in [0.2, 0.25) is 0 Å². The number of carbonyl (C=O) groups is 1. The Morgan fingerprint density at radius 3 is 2.55 bits per heavy atom. The van der Waals surface area contributed by atoms with Crippen molar-refractivity contribution in [1.82, 2.24) is 10.2 Å². The summed E-state index contributed by atoms with van der Waals surface area (Å²) in [5.74, 6) is -1.02. The lowest BCUT2D eigenvalue weighted by Crippen LogP contribution is -2.56. The molecule has 1 aromatic rings. The van der Waals surface area contributed by atoms with Crippen molar-refractivity contribution in [2.24, 2.45) is 0 Å². The van der Waals surface area contributed by atoms with E-state index in [0.717, 1.165) is 12.1 Å². The van der Waals surface area contributed by atoms with Crippen LogP contribution in [0.25, 0.3) is 0 Å². The number of urea groups is 1. The summed E-state index contributed by atoms with van der Waals surface area (Å²) < 4.78 is 50.5. The highest BCUT2D eigenvalue weighted by atomic mass is 19.4. The molecule has 2 N–H and O–H groups in total. The van der Waals surface area contributed by atoms with Gasteiger partial charge in [-0.15, -0.1) is 0 Å². The molecule has 0 bridgehead atoms. The first-order chi connectivity index (χ1) is 9.27. The summed E-state index contributed by atoms with van der Waals surface area (Å²) in [5.41, 5.74) is -1.11. The fourth-order valence-corrected chi connectivity index (χ4v) is 1.77. The number of likely N-dealkylation sites (tertiary alicyclic amines) is 1. The van der Waals surface area contributed by atoms with Crippen molar-refractivity contribution in [2.45, 2.75) is 18.8 Å². The molecule has 110 valence electrons. The number of benzene rings is 1. The smallest absolute Gasteiger partial charge is 0.389 e. The van der Waals surface area contributed by atoms with Gasteiger partial charge in [0, 0.05) is 12.1 Å². The highest BCUT2D eigenvalue weighted by molar-refractivity contribution is 5.75. The first-order valence-electron chi connectivity index (χ1n) is 5.84. The normalized spacial score (nSPS) is 15.9. The molecule has 0 saturated carbocycles. The lowest BCUT2D eigenvalue weighted by atomic mass is 10.1. The number of nitrogens with one attached hydrogen (secondary N) is 1. The minimum atomic E-state index is -4.60. The highest BCUT2D eigenvalue weighted by Crippen LogP contribution is 2.30. The monoisotopic (exact) mass is 292 g/mol. The minimum absolute atomic E-state index is 0.0348. The number of aliphatic hydroxyl groups is 1. The second kappa shape index (κ2) is 5.28. The largest absolute Gasteiger partial charge is 0.416 e. The molecule has 0 radical (unpaired) electrons. The Morgan fingerprint density at radius 1 is 1.40 bits per heavy atom. The van der Waals surface area contributed by atoms with E-state index in [-0.39, 0.29) is 25.2 Å². The predicted molar refractivity (Wildman–Crippen MR) is 61.2 cm³/mol. The number of rotatable bonds is 2. The van der Waals surface area contributed by atoms with Gasteiger partial charge in [0.05, 0.1) is 24.8 Å². The zero-order valence-electron chi connectivity index (χ0n) is 10.2. The molecule has 0 unspecified atom stereocenters. The van der Waals surface area contributed by atoms with Crippen LogP contribution in [0.1, 0.15) is 11.1 Å². The van der Waals surface area contributed by atoms with Crippen LogP contribution in [0.15, 0.2) is 18.2 Å². The number of carbonyl (C=O) groups excluding carboxylic acids is 1. The van der Waals surface area contributed by atoms with Crippen LogP contribution in [0, 0.1) is 5.82 Å². The number of aliphatic hydroxyl groups excluding tert-OH is 1. The molecule has 2 amide bonds. The molecule has 20 heavy (non-hydrogen) atoms. The Morgan fingerprint density at radius 2 is 2.05 bits per heavy atom. The van der Waals surface area contributed by atoms with Crippen LogP contribution in [-0.4, -0.2) is 35.2 Å². The minimum Gasteiger partial charge on any atom is -0.389 e. The Balaban J connectivity index is 1.95. The summed E-state index contributed by atoms with van der Waals surface area (Å²) in [6.45, 7) is 0.179. The Bertz CT molecular complexity index is 513. The molecule has 1 saturated heterocycles. The van der Waals surface area contributed by atoms with Crippen LogP contribution in [0.5, 0.6) is 0 Å². The first-order valence-corrected chi connectivity index (χ1v) is 5.84. The van der Waals surface area contributed by atoms with Crippen molar-refractivity contribution in [1.29, 1.82) is 0 Å². The SMILES string of the molecule is O=C(NCc1ccc(C(F)(F)F)cc1F)N1CC(O)C1. The number of hydrogen-bond donors (Lipinski definition) is 2. The van der Waals surface area contributed by atoms with Crippen LogP contribution in [0.3, 0.4) is 0 Å². The number of β-amino-alcohol motifs (C(OH)–C–C–N with tert-alkyl or cyclic N) is 1. The van der Waals surface area contributed by atoms with Crippen LogP contribution >= 0.6 is 0 Å². The van der Waals surface area contributed by atoms with Crippen molar-refractivity contribution in [3.05, 3.63) is 35.1 Å². The average Bonchev–Trinajstić information content (AvgIpc) is 2.32. The molecular weight excluding hydrogens is 280 g/mol. The summed E-state index contributed by atoms with van der Waals surface area (Å²) in [4.78, 5) is 12.8. The van der Waals surface area contributed by atoms with E-state index in [1.165, 1.54) is 4.90 Å². The number of nitrogens with zero attached hydrogens (tertiary/aromatic N) is 1. The summed E-state index contributed by atoms with van der Waals surface area (Å²) in [5, 5.41) is 11.4. The van der Waals surface area contributed by atoms with Gasteiger partial charge in [-0.1, -0.05) is 6.07 Å². The van der Waals surface area contributed by atoms with E-state index in [1.807, 2.05) is 0 Å². The molecular formula is C12H12F4N2O2. The molecule has 8 heteroatoms. The molecule has 1 aromatic carbocycles. The van der Waals surface area contributed by atoms with E-state index in [2.05, 4.69) is 5.32 Å². The highest BCUT2D eigenvalue weighted by Gasteiger charge is 2.31. The second-order valence-corrected chi connectivity index (χ2v) is 4.52. The molecule has 1 aliphatic rings. The maximum atomic E-state index is 13.5. The van der Waals surface area contributed by atoms with Gasteiger partial charge in [0.2, 0.25) is 0 Å². The number of amides is 2. The van der Waals surface area contributed by atoms with Gasteiger partial charge in [0.1, 0.15) is 5.82 Å². The van der Waals surface area contributed by atoms with Gasteiger partial charge < -0.3 is 15.3 Å². The first kappa shape index (κ1) is 14.6. The molecule has 1 aliphatic heterocycles. The molecule has 0 spiro atoms. The van der Waals surface area contributed by atoms with E-state index in [4.69, 9.17) is 5.11 Å². The van der Waals surface area contributed by atoms with Gasteiger partial charge in [-0.2, -0.15) is 13.2 Å². The third-order valence-corrected chi connectivity index (χ3v) is 2.96. The van der Waals surface area contributed by atoms with Crippen molar-refractivity contribution in [2.75, 3.05) is 13.1 Å². The average molecular weight is 292 g/mol. The Kier molecular flexibility index (Phi) is 3.85. The van der Waals surface area contributed by atoms with Gasteiger partial charge in [0.15, 0.2) is 0 Å². The van der Waals surface area contributed by atoms with Crippen molar-refractivity contribution < 1.29 is 27.5 Å². The third kappa shape index (κ3) is 3.19. The van der Waals surface area contributed by atoms with E-state index in [0.29, 0.717) is 6.07 Å². The molecule has 0 aromatic heterocycles. The Labute approximate surface area is 112 Å². The Hall–Kier alpha value is -1.83. The number of hydrogen-bond acceptors (Lipinski definition) is 2. The fourth-order valence-electron chi connectivity index (χ4n) is 1.77. The van der Waals surface area contributed by atoms with Gasteiger partial charge in [-0.05, 0) is 12.1 Å². The molecule has 1 heterocycles. The summed E-state index contributed by atoms with van der Waals surface area (Å²) in [7, 11) is 0. The maximum Gasteiger partial charge on any atom is 0.416 e. The van der Waals surface area contributed by atoms with Gasteiger partial charge in [0.25, 0.3) is 0 Å². The van der Waals surface area contributed by atoms with E-state index >= 15 is 0 Å². The van der Waals surface area contributed by atoms with Crippen molar-refractivity contribution in [3.63, 3.8) is 0 Å². The zero-order chi connectivity index (χ0) is 14.9. The van der Waals surface area contributed by atoms with Crippen LogP contribution in [-0.2, 0) is 12.7 Å². The van der Waals surface area contributed by atoms with Crippen LogP contribution in [0.4, 0.5) is 22.4 Å². The van der Waals surface area contributed by atoms with E-state index in [9.17, 15) is 22.4 Å². The third-order valence-electron chi connectivity index (χ3n) is 2.96. The second-order valence-electron chi connectivity index (χ2n) is 4.52. The predicted octanol–water partition coefficient (Wildman–Crippen LogP) is 1.73. The van der Waals surface area contributed by atoms with Gasteiger partial charge in [-0.3, -0.25) is 0 Å².